The number of allylic oxidation sites excluding steroid dienone is 3. The molecule has 1 unspecified atom stereocenters. The number of anilines is 1. The average molecular weight is 559 g/mol. The quantitative estimate of drug-likeness (QED) is 0.279. The minimum Gasteiger partial charge on any atom is -0.468 e. The molecule has 8 nitrogen and oxygen atoms in total. The zero-order valence-corrected chi connectivity index (χ0v) is 25.0. The van der Waals surface area contributed by atoms with Crippen LogP contribution in [0.25, 0.3) is 10.9 Å². The Hall–Kier alpha value is -4.33. The monoisotopic (exact) mass is 558 g/mol. The van der Waals surface area contributed by atoms with Crippen molar-refractivity contribution >= 4 is 35.0 Å². The molecule has 3 heterocycles. The van der Waals surface area contributed by atoms with E-state index in [9.17, 15) is 14.4 Å². The van der Waals surface area contributed by atoms with Crippen LogP contribution in [0.5, 0.6) is 0 Å². The van der Waals surface area contributed by atoms with E-state index in [0.717, 1.165) is 34.0 Å². The molecular weight excluding hydrogens is 516 g/mol. The van der Waals surface area contributed by atoms with Crippen LogP contribution < -0.4 is 10.6 Å². The Morgan fingerprint density at radius 3 is 2.41 bits per heavy atom. The van der Waals surface area contributed by atoms with Crippen LogP contribution in [-0.2, 0) is 32.6 Å². The number of benzene rings is 1. The van der Waals surface area contributed by atoms with Gasteiger partial charge in [-0.15, -0.1) is 0 Å². The first-order valence-electron chi connectivity index (χ1n) is 14.1. The van der Waals surface area contributed by atoms with Crippen molar-refractivity contribution in [2.45, 2.75) is 66.2 Å². The largest absolute Gasteiger partial charge is 0.468 e. The predicted molar refractivity (Wildman–Crippen MR) is 165 cm³/mol. The van der Waals surface area contributed by atoms with Gasteiger partial charge in [-0.2, -0.15) is 0 Å². The highest BCUT2D eigenvalue weighted by molar-refractivity contribution is 6.06. The third-order valence-corrected chi connectivity index (χ3v) is 6.66. The molecule has 0 bridgehead atoms. The molecule has 218 valence electrons. The van der Waals surface area contributed by atoms with Gasteiger partial charge in [-0.3, -0.25) is 19.4 Å². The lowest BCUT2D eigenvalue weighted by atomic mass is 9.79. The van der Waals surface area contributed by atoms with Gasteiger partial charge in [0.2, 0.25) is 5.91 Å². The highest BCUT2D eigenvalue weighted by Crippen LogP contribution is 2.47. The van der Waals surface area contributed by atoms with Crippen LogP contribution >= 0.6 is 0 Å². The molecule has 1 spiro atoms. The number of nitrogens with zero attached hydrogens (tertiary/aromatic N) is 2. The number of carbonyl (C=O) groups excluding carboxylic acids is 3. The van der Waals surface area contributed by atoms with E-state index < -0.39 is 5.41 Å². The maximum absolute atomic E-state index is 12.8. The number of rotatable bonds is 6. The number of ether oxygens (including phenoxy) is 1. The summed E-state index contributed by atoms with van der Waals surface area (Å²) in [6.07, 6.45) is 9.69. The van der Waals surface area contributed by atoms with Crippen LogP contribution in [0, 0.1) is 0 Å². The van der Waals surface area contributed by atoms with Crippen molar-refractivity contribution in [1.29, 1.82) is 0 Å². The van der Waals surface area contributed by atoms with Gasteiger partial charge in [0.15, 0.2) is 0 Å². The van der Waals surface area contributed by atoms with Crippen LogP contribution in [-0.4, -0.2) is 41.4 Å². The highest BCUT2D eigenvalue weighted by atomic mass is 16.5. The van der Waals surface area contributed by atoms with Gasteiger partial charge in [0.1, 0.15) is 5.82 Å². The van der Waals surface area contributed by atoms with Gasteiger partial charge in [-0.25, -0.2) is 4.98 Å². The Bertz CT molecular complexity index is 1400. The predicted octanol–water partition coefficient (Wildman–Crippen LogP) is 6.10. The minimum atomic E-state index is -0.592. The average Bonchev–Trinajstić information content (AvgIpc) is 3.50. The number of pyridine rings is 2. The van der Waals surface area contributed by atoms with Crippen molar-refractivity contribution in [2.24, 2.45) is 0 Å². The molecule has 0 saturated carbocycles. The van der Waals surface area contributed by atoms with Crippen molar-refractivity contribution in [3.63, 3.8) is 0 Å². The lowest BCUT2D eigenvalue weighted by Gasteiger charge is -2.20. The number of aromatic nitrogens is 2. The molecule has 2 aromatic heterocycles. The Morgan fingerprint density at radius 1 is 1.15 bits per heavy atom. The van der Waals surface area contributed by atoms with Crippen LogP contribution in [0.1, 0.15) is 75.0 Å². The zero-order chi connectivity index (χ0) is 30.4. The Morgan fingerprint density at radius 2 is 1.85 bits per heavy atom. The fourth-order valence-corrected chi connectivity index (χ4v) is 4.76. The number of hydrogen-bond donors (Lipinski definition) is 2. The molecule has 1 aliphatic heterocycles. The molecule has 0 saturated heterocycles. The molecular formula is C33H42N4O4. The molecule has 1 atom stereocenters. The maximum Gasteiger partial charge on any atom is 0.293 e. The van der Waals surface area contributed by atoms with Crippen molar-refractivity contribution < 1.29 is 19.1 Å². The summed E-state index contributed by atoms with van der Waals surface area (Å²) in [4.78, 5) is 42.9. The summed E-state index contributed by atoms with van der Waals surface area (Å²) in [5.74, 6) is 0.544. The van der Waals surface area contributed by atoms with E-state index in [1.54, 1.807) is 19.3 Å². The molecule has 1 aliphatic carbocycles. The van der Waals surface area contributed by atoms with Gasteiger partial charge in [-0.05, 0) is 75.4 Å². The summed E-state index contributed by atoms with van der Waals surface area (Å²) in [5.41, 5.74) is 5.28. The van der Waals surface area contributed by atoms with E-state index in [4.69, 9.17) is 0 Å². The second-order valence-corrected chi connectivity index (χ2v) is 9.30. The van der Waals surface area contributed by atoms with Crippen LogP contribution in [0.3, 0.4) is 0 Å². The zero-order valence-electron chi connectivity index (χ0n) is 25.0. The van der Waals surface area contributed by atoms with Crippen molar-refractivity contribution in [1.82, 2.24) is 15.3 Å². The summed E-state index contributed by atoms with van der Waals surface area (Å²) in [6, 6.07) is 9.83. The topological polar surface area (TPSA) is 110 Å². The maximum atomic E-state index is 12.8. The lowest BCUT2D eigenvalue weighted by Crippen LogP contribution is -2.35. The minimum absolute atomic E-state index is 0.00688. The highest BCUT2D eigenvalue weighted by Gasteiger charge is 2.51. The summed E-state index contributed by atoms with van der Waals surface area (Å²) in [6.45, 7) is 16.9. The Balaban J connectivity index is 0.000000354. The lowest BCUT2D eigenvalue weighted by molar-refractivity contribution is -0.128. The standard InChI is InChI=1S/C21H18N4O2.C7H12.C3H6O2.C2H6/c1-2-22-19(26)15-7-12-6-13-9-21(10-14(13)8-17(12)24-11-15)16-4-3-5-23-18(16)25-20(21)27;1-4-6-7(3)5-2;1-2-5-3-4;1-2/h3-8,11H,2,9-10H2,1H3,(H,22,26)(H,23,25,27);5-6H,2,4H2,1,3H3;3H,2H2,1H3;1-2H3/b;7-6-;;. The summed E-state index contributed by atoms with van der Waals surface area (Å²) < 4.78 is 4.15. The number of amides is 2. The van der Waals surface area contributed by atoms with Gasteiger partial charge in [0.25, 0.3) is 12.4 Å². The van der Waals surface area contributed by atoms with Crippen molar-refractivity contribution in [3.8, 4) is 0 Å². The third kappa shape index (κ3) is 7.87. The SMILES string of the molecule is C=C/C(C)=C\CC.CC.CCNC(=O)c1cnc2cc3c(cc2c1)CC1(C3)C(=O)Nc2ncccc21.CCOC=O. The van der Waals surface area contributed by atoms with E-state index >= 15 is 0 Å². The second-order valence-electron chi connectivity index (χ2n) is 9.30. The van der Waals surface area contributed by atoms with Crippen molar-refractivity contribution in [3.05, 3.63) is 89.3 Å². The fraction of sp³-hybridized carbons (Fsp3) is 0.364. The Kier molecular flexibility index (Phi) is 12.9. The first-order chi connectivity index (χ1) is 19.8. The van der Waals surface area contributed by atoms with Crippen LogP contribution in [0.4, 0.5) is 5.82 Å². The van der Waals surface area contributed by atoms with Gasteiger partial charge < -0.3 is 15.4 Å². The van der Waals surface area contributed by atoms with E-state index in [0.29, 0.717) is 43.8 Å². The molecule has 1 aromatic carbocycles. The Labute approximate surface area is 243 Å². The van der Waals surface area contributed by atoms with Crippen LogP contribution in [0.2, 0.25) is 0 Å². The first-order valence-corrected chi connectivity index (χ1v) is 14.1. The molecule has 0 radical (unpaired) electrons. The fourth-order valence-electron chi connectivity index (χ4n) is 4.76. The second kappa shape index (κ2) is 16.1. The number of fused-ring (bicyclic) bond motifs is 4. The normalized spacial score (nSPS) is 16.0. The number of hydrogen-bond acceptors (Lipinski definition) is 6. The van der Waals surface area contributed by atoms with E-state index in [2.05, 4.69) is 57.9 Å². The molecule has 0 fully saturated rings. The third-order valence-electron chi connectivity index (χ3n) is 6.66. The van der Waals surface area contributed by atoms with E-state index in [-0.39, 0.29) is 11.8 Å². The summed E-state index contributed by atoms with van der Waals surface area (Å²) in [7, 11) is 0. The van der Waals surface area contributed by atoms with E-state index in [1.165, 1.54) is 5.57 Å². The van der Waals surface area contributed by atoms with Crippen molar-refractivity contribution in [2.75, 3.05) is 18.5 Å². The molecule has 5 rings (SSSR count). The molecule has 2 aliphatic rings. The van der Waals surface area contributed by atoms with E-state index in [1.807, 2.05) is 51.1 Å². The summed E-state index contributed by atoms with van der Waals surface area (Å²) in [5, 5.41) is 6.64. The first kappa shape index (κ1) is 32.9. The van der Waals surface area contributed by atoms with Gasteiger partial charge >= 0.3 is 0 Å². The molecule has 8 heteroatoms. The van der Waals surface area contributed by atoms with Gasteiger partial charge in [-0.1, -0.05) is 51.1 Å². The van der Waals surface area contributed by atoms with Gasteiger partial charge in [0, 0.05) is 29.9 Å². The van der Waals surface area contributed by atoms with Gasteiger partial charge in [0.05, 0.1) is 23.1 Å². The summed E-state index contributed by atoms with van der Waals surface area (Å²) >= 11 is 0. The molecule has 3 aromatic rings. The van der Waals surface area contributed by atoms with Crippen LogP contribution in [0.15, 0.2) is 67.0 Å². The molecule has 41 heavy (non-hydrogen) atoms. The smallest absolute Gasteiger partial charge is 0.293 e. The number of nitrogens with one attached hydrogen (secondary N) is 2. The molecule has 2 N–H and O–H groups in total. The molecule has 2 amide bonds. The number of carbonyl (C=O) groups is 3.